The quantitative estimate of drug-likeness (QED) is 0.363. The molecule has 0 radical (unpaired) electrons. The Morgan fingerprint density at radius 2 is 1.46 bits per heavy atom. The number of aryl methyl sites for hydroxylation is 1. The van der Waals surface area contributed by atoms with Gasteiger partial charge in [-0.3, -0.25) is 0 Å². The van der Waals surface area contributed by atoms with E-state index in [0.29, 0.717) is 0 Å². The summed E-state index contributed by atoms with van der Waals surface area (Å²) in [4.78, 5) is 0. The largest absolute Gasteiger partial charge is 0.398 e. The van der Waals surface area contributed by atoms with Gasteiger partial charge in [-0.2, -0.15) is 0 Å². The van der Waals surface area contributed by atoms with Gasteiger partial charge in [0.1, 0.15) is 0 Å². The SMILES string of the molecule is C=Cc1cc(/C(=C(\CC)c2ccccc2)c2ccc(C)cc2)ccc1N.CC. The fourth-order valence-electron chi connectivity index (χ4n) is 3.31. The van der Waals surface area contributed by atoms with Gasteiger partial charge in [0, 0.05) is 5.69 Å². The van der Waals surface area contributed by atoms with E-state index in [0.717, 1.165) is 17.7 Å². The average Bonchev–Trinajstić information content (AvgIpc) is 2.75. The van der Waals surface area contributed by atoms with E-state index in [4.69, 9.17) is 5.73 Å². The minimum absolute atomic E-state index is 0.754. The summed E-state index contributed by atoms with van der Waals surface area (Å²) in [6, 6.07) is 25.6. The molecule has 144 valence electrons. The van der Waals surface area contributed by atoms with Crippen LogP contribution in [0.3, 0.4) is 0 Å². The maximum Gasteiger partial charge on any atom is 0.0387 e. The maximum atomic E-state index is 6.09. The summed E-state index contributed by atoms with van der Waals surface area (Å²) < 4.78 is 0. The van der Waals surface area contributed by atoms with Gasteiger partial charge >= 0.3 is 0 Å². The maximum absolute atomic E-state index is 6.09. The molecule has 0 atom stereocenters. The number of anilines is 1. The molecule has 0 aromatic heterocycles. The zero-order chi connectivity index (χ0) is 20.5. The summed E-state index contributed by atoms with van der Waals surface area (Å²) in [5.74, 6) is 0. The summed E-state index contributed by atoms with van der Waals surface area (Å²) in [6.07, 6.45) is 2.76. The Kier molecular flexibility index (Phi) is 7.83. The number of nitrogens with two attached hydrogens (primary N) is 1. The van der Waals surface area contributed by atoms with Gasteiger partial charge in [-0.1, -0.05) is 99.7 Å². The van der Waals surface area contributed by atoms with Crippen LogP contribution in [0.15, 0.2) is 79.4 Å². The van der Waals surface area contributed by atoms with Crippen LogP contribution >= 0.6 is 0 Å². The minimum Gasteiger partial charge on any atom is -0.398 e. The number of allylic oxidation sites excluding steroid dienone is 1. The molecule has 0 spiro atoms. The molecule has 1 nitrogen and oxygen atoms in total. The minimum atomic E-state index is 0.754. The number of benzene rings is 3. The monoisotopic (exact) mass is 369 g/mol. The van der Waals surface area contributed by atoms with E-state index in [-0.39, 0.29) is 0 Å². The molecular weight excluding hydrogens is 338 g/mol. The third-order valence-electron chi connectivity index (χ3n) is 4.71. The first kappa shape index (κ1) is 21.2. The van der Waals surface area contributed by atoms with Crippen LogP contribution in [-0.4, -0.2) is 0 Å². The fraction of sp³-hybridized carbons (Fsp3) is 0.185. The Morgan fingerprint density at radius 3 is 2.04 bits per heavy atom. The molecular formula is C27H31N. The van der Waals surface area contributed by atoms with Crippen LogP contribution in [0.25, 0.3) is 17.2 Å². The summed E-state index contributed by atoms with van der Waals surface area (Å²) in [5.41, 5.74) is 15.3. The summed E-state index contributed by atoms with van der Waals surface area (Å²) >= 11 is 0. The molecule has 3 aromatic carbocycles. The summed E-state index contributed by atoms with van der Waals surface area (Å²) in [6.45, 7) is 12.2. The van der Waals surface area contributed by atoms with E-state index in [1.165, 1.54) is 33.4 Å². The molecule has 0 heterocycles. The van der Waals surface area contributed by atoms with Gasteiger partial charge < -0.3 is 5.73 Å². The number of rotatable bonds is 5. The second-order valence-corrected chi connectivity index (χ2v) is 6.49. The number of nitrogen functional groups attached to an aromatic ring is 1. The molecule has 0 aliphatic rings. The molecule has 1 heteroatoms. The Labute approximate surface area is 170 Å². The van der Waals surface area contributed by atoms with Crippen molar-refractivity contribution in [2.24, 2.45) is 0 Å². The molecule has 2 N–H and O–H groups in total. The highest BCUT2D eigenvalue weighted by molar-refractivity contribution is 5.99. The molecule has 0 saturated heterocycles. The van der Waals surface area contributed by atoms with Gasteiger partial charge in [0.2, 0.25) is 0 Å². The lowest BCUT2D eigenvalue weighted by molar-refractivity contribution is 1.24. The lowest BCUT2D eigenvalue weighted by Crippen LogP contribution is -1.97. The first-order valence-corrected chi connectivity index (χ1v) is 10.0. The third kappa shape index (κ3) is 4.80. The van der Waals surface area contributed by atoms with Crippen molar-refractivity contribution in [1.82, 2.24) is 0 Å². The lowest BCUT2D eigenvalue weighted by Gasteiger charge is -2.17. The lowest BCUT2D eigenvalue weighted by atomic mass is 9.87. The van der Waals surface area contributed by atoms with Crippen molar-refractivity contribution < 1.29 is 0 Å². The molecule has 0 aliphatic carbocycles. The Morgan fingerprint density at radius 1 is 0.857 bits per heavy atom. The first-order chi connectivity index (χ1) is 13.6. The zero-order valence-corrected chi connectivity index (χ0v) is 17.5. The van der Waals surface area contributed by atoms with Crippen molar-refractivity contribution in [3.63, 3.8) is 0 Å². The number of hydrogen-bond acceptors (Lipinski definition) is 1. The molecule has 0 amide bonds. The number of hydrogen-bond donors (Lipinski definition) is 1. The van der Waals surface area contributed by atoms with E-state index < -0.39 is 0 Å². The van der Waals surface area contributed by atoms with Crippen molar-refractivity contribution in [3.8, 4) is 0 Å². The zero-order valence-electron chi connectivity index (χ0n) is 17.5. The Hall–Kier alpha value is -3.06. The molecule has 3 aromatic rings. The Bertz CT molecular complexity index is 932. The molecule has 0 saturated carbocycles. The van der Waals surface area contributed by atoms with Crippen molar-refractivity contribution in [2.75, 3.05) is 5.73 Å². The second-order valence-electron chi connectivity index (χ2n) is 6.49. The van der Waals surface area contributed by atoms with Gasteiger partial charge in [-0.05, 0) is 58.9 Å². The van der Waals surface area contributed by atoms with Crippen LogP contribution in [0.5, 0.6) is 0 Å². The normalized spacial score (nSPS) is 11.1. The van der Waals surface area contributed by atoms with Gasteiger partial charge in [0.25, 0.3) is 0 Å². The third-order valence-corrected chi connectivity index (χ3v) is 4.71. The standard InChI is InChI=1S/C25H25N.C2H6/c1-4-19-17-22(15-16-24(19)26)25(21-13-11-18(3)12-14-21)23(5-2)20-9-7-6-8-10-20;1-2/h4,6-17H,1,5,26H2,2-3H3;1-2H3/b25-23+;. The average molecular weight is 370 g/mol. The van der Waals surface area contributed by atoms with Gasteiger partial charge in [-0.15, -0.1) is 0 Å². The second kappa shape index (κ2) is 10.3. The molecule has 0 fully saturated rings. The van der Waals surface area contributed by atoms with Crippen LogP contribution in [-0.2, 0) is 0 Å². The fourth-order valence-corrected chi connectivity index (χ4v) is 3.31. The highest BCUT2D eigenvalue weighted by Crippen LogP contribution is 2.35. The molecule has 0 bridgehead atoms. The highest BCUT2D eigenvalue weighted by Gasteiger charge is 2.13. The van der Waals surface area contributed by atoms with Crippen molar-refractivity contribution in [2.45, 2.75) is 34.1 Å². The predicted molar refractivity (Wildman–Crippen MR) is 126 cm³/mol. The van der Waals surface area contributed by atoms with E-state index >= 15 is 0 Å². The van der Waals surface area contributed by atoms with E-state index in [1.54, 1.807) is 0 Å². The van der Waals surface area contributed by atoms with E-state index in [9.17, 15) is 0 Å². The van der Waals surface area contributed by atoms with Gasteiger partial charge in [0.15, 0.2) is 0 Å². The molecule has 0 unspecified atom stereocenters. The van der Waals surface area contributed by atoms with Crippen LogP contribution < -0.4 is 5.73 Å². The van der Waals surface area contributed by atoms with Crippen LogP contribution in [0.4, 0.5) is 5.69 Å². The smallest absolute Gasteiger partial charge is 0.0387 e. The summed E-state index contributed by atoms with van der Waals surface area (Å²) in [5, 5.41) is 0. The first-order valence-electron chi connectivity index (χ1n) is 10.0. The predicted octanol–water partition coefficient (Wildman–Crippen LogP) is 7.62. The van der Waals surface area contributed by atoms with Crippen LogP contribution in [0.1, 0.15) is 55.0 Å². The molecule has 0 aliphatic heterocycles. The molecule has 3 rings (SSSR count). The molecule has 28 heavy (non-hydrogen) atoms. The van der Waals surface area contributed by atoms with Crippen molar-refractivity contribution in [3.05, 3.63) is 107 Å². The topological polar surface area (TPSA) is 26.0 Å². The van der Waals surface area contributed by atoms with Crippen molar-refractivity contribution in [1.29, 1.82) is 0 Å². The highest BCUT2D eigenvalue weighted by atomic mass is 14.6. The van der Waals surface area contributed by atoms with Gasteiger partial charge in [-0.25, -0.2) is 0 Å². The van der Waals surface area contributed by atoms with Crippen LogP contribution in [0.2, 0.25) is 0 Å². The van der Waals surface area contributed by atoms with Gasteiger partial charge in [0.05, 0.1) is 0 Å². The van der Waals surface area contributed by atoms with E-state index in [2.05, 4.69) is 87.2 Å². The van der Waals surface area contributed by atoms with Crippen LogP contribution in [0, 0.1) is 6.92 Å². The summed E-state index contributed by atoms with van der Waals surface area (Å²) in [7, 11) is 0. The van der Waals surface area contributed by atoms with E-state index in [1.807, 2.05) is 26.0 Å². The Balaban J connectivity index is 0.00000136. The van der Waals surface area contributed by atoms with Crippen molar-refractivity contribution >= 4 is 22.9 Å².